The van der Waals surface area contributed by atoms with Gasteiger partial charge in [0.25, 0.3) is 0 Å². The zero-order valence-electron chi connectivity index (χ0n) is 16.6. The van der Waals surface area contributed by atoms with Gasteiger partial charge in [-0.3, -0.25) is 9.59 Å². The zero-order chi connectivity index (χ0) is 20.2. The standard InChI is InChI=1S/C21H26N2O5S/c1-2-26-20(25)12-23-15-10-16-17(28-13-27-16)11-18(15)29-21(23)22-19(24)9-8-14-6-4-3-5-7-14/h10-11,14H,2-9,12-13H2,1H3. The Morgan fingerprint density at radius 2 is 1.97 bits per heavy atom. The van der Waals surface area contributed by atoms with Crippen LogP contribution in [0.2, 0.25) is 0 Å². The van der Waals surface area contributed by atoms with Gasteiger partial charge in [-0.25, -0.2) is 0 Å². The van der Waals surface area contributed by atoms with Crippen LogP contribution in [0.4, 0.5) is 0 Å². The molecule has 0 atom stereocenters. The Labute approximate surface area is 173 Å². The number of benzene rings is 1. The fourth-order valence-corrected chi connectivity index (χ4v) is 5.06. The van der Waals surface area contributed by atoms with E-state index in [4.69, 9.17) is 14.2 Å². The number of esters is 1. The van der Waals surface area contributed by atoms with E-state index in [-0.39, 0.29) is 25.2 Å². The van der Waals surface area contributed by atoms with Crippen LogP contribution in [0.25, 0.3) is 10.2 Å². The molecule has 0 unspecified atom stereocenters. The van der Waals surface area contributed by atoms with Gasteiger partial charge in [-0.1, -0.05) is 43.4 Å². The largest absolute Gasteiger partial charge is 0.465 e. The summed E-state index contributed by atoms with van der Waals surface area (Å²) in [6.45, 7) is 2.26. The molecule has 4 rings (SSSR count). The lowest BCUT2D eigenvalue weighted by Crippen LogP contribution is -2.23. The lowest BCUT2D eigenvalue weighted by molar-refractivity contribution is -0.143. The maximum atomic E-state index is 12.6. The average Bonchev–Trinajstić information content (AvgIpc) is 3.30. The van der Waals surface area contributed by atoms with Gasteiger partial charge < -0.3 is 18.8 Å². The molecule has 2 aliphatic rings. The van der Waals surface area contributed by atoms with Crippen LogP contribution in [0.1, 0.15) is 51.9 Å². The van der Waals surface area contributed by atoms with Crippen molar-refractivity contribution in [3.63, 3.8) is 0 Å². The number of aromatic nitrogens is 1. The fourth-order valence-electron chi connectivity index (χ4n) is 4.00. The molecular weight excluding hydrogens is 392 g/mol. The van der Waals surface area contributed by atoms with Crippen molar-refractivity contribution in [2.24, 2.45) is 10.9 Å². The first-order valence-electron chi connectivity index (χ1n) is 10.3. The molecule has 1 aromatic carbocycles. The molecule has 156 valence electrons. The Morgan fingerprint density at radius 1 is 1.21 bits per heavy atom. The maximum Gasteiger partial charge on any atom is 0.326 e. The van der Waals surface area contributed by atoms with Crippen LogP contribution in [0, 0.1) is 5.92 Å². The molecule has 0 spiro atoms. The van der Waals surface area contributed by atoms with E-state index >= 15 is 0 Å². The molecule has 1 saturated carbocycles. The maximum absolute atomic E-state index is 12.6. The van der Waals surface area contributed by atoms with Crippen molar-refractivity contribution >= 4 is 33.4 Å². The quantitative estimate of drug-likeness (QED) is 0.667. The van der Waals surface area contributed by atoms with Crippen LogP contribution in [0.3, 0.4) is 0 Å². The fraction of sp³-hybridized carbons (Fsp3) is 0.571. The third kappa shape index (κ3) is 4.63. The van der Waals surface area contributed by atoms with E-state index in [0.717, 1.165) is 16.6 Å². The summed E-state index contributed by atoms with van der Waals surface area (Å²) in [7, 11) is 0. The summed E-state index contributed by atoms with van der Waals surface area (Å²) in [4.78, 5) is 29.6. The number of hydrogen-bond donors (Lipinski definition) is 0. The van der Waals surface area contributed by atoms with Crippen molar-refractivity contribution in [3.05, 3.63) is 16.9 Å². The Hall–Kier alpha value is -2.35. The van der Waals surface area contributed by atoms with Crippen molar-refractivity contribution in [1.82, 2.24) is 4.57 Å². The Bertz CT molecular complexity index is 971. The van der Waals surface area contributed by atoms with Crippen LogP contribution < -0.4 is 14.3 Å². The minimum absolute atomic E-state index is 0.00220. The number of hydrogen-bond acceptors (Lipinski definition) is 6. The monoisotopic (exact) mass is 418 g/mol. The van der Waals surface area contributed by atoms with E-state index in [0.29, 0.717) is 35.2 Å². The molecule has 0 radical (unpaired) electrons. The van der Waals surface area contributed by atoms with Crippen LogP contribution in [0.15, 0.2) is 17.1 Å². The van der Waals surface area contributed by atoms with Gasteiger partial charge >= 0.3 is 5.97 Å². The van der Waals surface area contributed by atoms with E-state index in [2.05, 4.69) is 4.99 Å². The summed E-state index contributed by atoms with van der Waals surface area (Å²) in [5, 5.41) is 0. The van der Waals surface area contributed by atoms with Gasteiger partial charge in [0.2, 0.25) is 12.7 Å². The van der Waals surface area contributed by atoms with Gasteiger partial charge in [-0.05, 0) is 19.3 Å². The molecule has 1 amide bonds. The van der Waals surface area contributed by atoms with E-state index in [9.17, 15) is 9.59 Å². The van der Waals surface area contributed by atoms with Crippen LogP contribution in [-0.4, -0.2) is 29.8 Å². The lowest BCUT2D eigenvalue weighted by atomic mass is 9.86. The van der Waals surface area contributed by atoms with Crippen LogP contribution in [0.5, 0.6) is 11.5 Å². The number of fused-ring (bicyclic) bond motifs is 2. The molecule has 0 bridgehead atoms. The highest BCUT2D eigenvalue weighted by Crippen LogP contribution is 2.37. The SMILES string of the molecule is CCOC(=O)Cn1c(=NC(=O)CCC2CCCCC2)sc2cc3c(cc21)OCO3. The molecule has 7 nitrogen and oxygen atoms in total. The Kier molecular flexibility index (Phi) is 6.18. The highest BCUT2D eigenvalue weighted by atomic mass is 32.1. The Morgan fingerprint density at radius 3 is 2.72 bits per heavy atom. The predicted molar refractivity (Wildman–Crippen MR) is 109 cm³/mol. The number of carbonyl (C=O) groups is 2. The molecule has 2 aromatic rings. The molecule has 0 saturated heterocycles. The molecule has 1 fully saturated rings. The minimum atomic E-state index is -0.360. The molecule has 1 aliphatic carbocycles. The van der Waals surface area contributed by atoms with Gasteiger partial charge in [0.15, 0.2) is 16.3 Å². The first-order valence-corrected chi connectivity index (χ1v) is 11.1. The normalized spacial score (nSPS) is 17.1. The third-order valence-corrected chi connectivity index (χ3v) is 6.52. The molecule has 2 heterocycles. The first kappa shape index (κ1) is 19.9. The number of carbonyl (C=O) groups excluding carboxylic acids is 2. The second-order valence-electron chi connectivity index (χ2n) is 7.50. The molecule has 0 N–H and O–H groups in total. The predicted octanol–water partition coefficient (Wildman–Crippen LogP) is 3.78. The van der Waals surface area contributed by atoms with Gasteiger partial charge in [-0.15, -0.1) is 0 Å². The number of rotatable bonds is 6. The van der Waals surface area contributed by atoms with E-state index in [1.807, 2.05) is 12.1 Å². The number of nitrogens with zero attached hydrogens (tertiary/aromatic N) is 2. The number of ether oxygens (including phenoxy) is 3. The molecular formula is C21H26N2O5S. The van der Waals surface area contributed by atoms with Crippen LogP contribution >= 0.6 is 11.3 Å². The average molecular weight is 419 g/mol. The zero-order valence-corrected chi connectivity index (χ0v) is 17.5. The summed E-state index contributed by atoms with van der Waals surface area (Å²) in [6, 6.07) is 3.70. The first-order chi connectivity index (χ1) is 14.1. The van der Waals surface area contributed by atoms with Crippen molar-refractivity contribution in [1.29, 1.82) is 0 Å². The van der Waals surface area contributed by atoms with Crippen LogP contribution in [-0.2, 0) is 20.9 Å². The van der Waals surface area contributed by atoms with Gasteiger partial charge in [0.05, 0.1) is 16.8 Å². The molecule has 1 aliphatic heterocycles. The summed E-state index contributed by atoms with van der Waals surface area (Å²) in [6.07, 6.45) is 7.60. The number of amides is 1. The summed E-state index contributed by atoms with van der Waals surface area (Å²) in [5.74, 6) is 1.43. The molecule has 8 heteroatoms. The van der Waals surface area contributed by atoms with Crippen molar-refractivity contribution in [2.75, 3.05) is 13.4 Å². The summed E-state index contributed by atoms with van der Waals surface area (Å²) < 4.78 is 18.6. The lowest BCUT2D eigenvalue weighted by Gasteiger charge is -2.20. The highest BCUT2D eigenvalue weighted by molar-refractivity contribution is 7.16. The number of thiazole rings is 1. The summed E-state index contributed by atoms with van der Waals surface area (Å²) in [5.41, 5.74) is 0.783. The molecule has 1 aromatic heterocycles. The topological polar surface area (TPSA) is 79.1 Å². The van der Waals surface area contributed by atoms with E-state index in [1.165, 1.54) is 43.4 Å². The second kappa shape index (κ2) is 8.98. The second-order valence-corrected chi connectivity index (χ2v) is 8.51. The summed E-state index contributed by atoms with van der Waals surface area (Å²) >= 11 is 1.37. The molecule has 29 heavy (non-hydrogen) atoms. The van der Waals surface area contributed by atoms with Gasteiger partial charge in [0, 0.05) is 18.6 Å². The Balaban J connectivity index is 1.61. The van der Waals surface area contributed by atoms with Crippen molar-refractivity contribution in [2.45, 2.75) is 58.4 Å². The highest BCUT2D eigenvalue weighted by Gasteiger charge is 2.20. The van der Waals surface area contributed by atoms with Crippen molar-refractivity contribution < 1.29 is 23.8 Å². The van der Waals surface area contributed by atoms with Crippen molar-refractivity contribution in [3.8, 4) is 11.5 Å². The smallest absolute Gasteiger partial charge is 0.326 e. The van der Waals surface area contributed by atoms with E-state index in [1.54, 1.807) is 11.5 Å². The van der Waals surface area contributed by atoms with E-state index < -0.39 is 0 Å². The van der Waals surface area contributed by atoms with Gasteiger partial charge in [-0.2, -0.15) is 4.99 Å². The minimum Gasteiger partial charge on any atom is -0.465 e. The third-order valence-electron chi connectivity index (χ3n) is 5.48. The van der Waals surface area contributed by atoms with Gasteiger partial charge in [0.1, 0.15) is 6.54 Å².